The van der Waals surface area contributed by atoms with Crippen molar-refractivity contribution in [2.75, 3.05) is 58.5 Å². The molecule has 4 amide bonds. The Bertz CT molecular complexity index is 2810. The maximum atomic E-state index is 13.8. The molecule has 3 aromatic carbocycles. The first-order valence-electron chi connectivity index (χ1n) is 26.3. The maximum Gasteiger partial charge on any atom is 0.407 e. The highest BCUT2D eigenvalue weighted by Crippen LogP contribution is 2.39. The number of nitrogens with one attached hydrogen (secondary N) is 4. The van der Waals surface area contributed by atoms with Gasteiger partial charge in [0.2, 0.25) is 11.8 Å². The number of aromatic amines is 2. The summed E-state index contributed by atoms with van der Waals surface area (Å²) >= 11 is 0. The molecular weight excluding hydrogens is 953 g/mol. The van der Waals surface area contributed by atoms with Gasteiger partial charge in [-0.2, -0.15) is 0 Å². The van der Waals surface area contributed by atoms with Gasteiger partial charge in [-0.3, -0.25) is 9.59 Å². The Morgan fingerprint density at radius 2 is 1.00 bits per heavy atom. The largest absolute Gasteiger partial charge is 0.453 e. The highest BCUT2D eigenvalue weighted by molar-refractivity contribution is 5.87. The number of nitrogens with zero attached hydrogens (tertiary/aromatic N) is 6. The number of hydrogen-bond acceptors (Lipinski definition) is 11. The molecule has 0 radical (unpaired) electrons. The van der Waals surface area contributed by atoms with Crippen LogP contribution in [-0.2, 0) is 28.5 Å². The van der Waals surface area contributed by atoms with Crippen LogP contribution >= 0.6 is 0 Å². The quantitative estimate of drug-likeness (QED) is 0.0811. The van der Waals surface area contributed by atoms with E-state index in [1.54, 1.807) is 0 Å². The summed E-state index contributed by atoms with van der Waals surface area (Å²) in [7, 11) is 2.59. The van der Waals surface area contributed by atoms with E-state index in [-0.39, 0.29) is 35.7 Å². The number of aromatic nitrogens is 5. The van der Waals surface area contributed by atoms with Gasteiger partial charge in [-0.1, -0.05) is 76.2 Å². The first kappa shape index (κ1) is 51.1. The SMILES string of the molecule is COC(=O)NC(C(=O)N1CCCC1c1ncc(-c2ccc(-c3ccc(-c4ccc(-c5cnc(C6CCCN6C(=O)C(NC(=O)OC)C(C)C)[nH]5)cc4)n3-c3ccc(N4CCC5(CC4)OCCO5)cc3)cc2)[nH]1)C(C)C. The van der Waals surface area contributed by atoms with Crippen LogP contribution in [-0.4, -0.2) is 130 Å². The molecule has 3 aromatic heterocycles. The fraction of sp³-hybridized carbons (Fsp3) is 0.439. The van der Waals surface area contributed by atoms with E-state index in [2.05, 4.69) is 115 Å². The number of alkyl carbamates (subject to hydrolysis) is 2. The summed E-state index contributed by atoms with van der Waals surface area (Å²) in [4.78, 5) is 74.5. The highest BCUT2D eigenvalue weighted by atomic mass is 16.7. The predicted molar refractivity (Wildman–Crippen MR) is 284 cm³/mol. The van der Waals surface area contributed by atoms with Crippen LogP contribution in [0.2, 0.25) is 0 Å². The molecule has 18 nitrogen and oxygen atoms in total. The average molecular weight is 1020 g/mol. The summed E-state index contributed by atoms with van der Waals surface area (Å²) in [6.45, 7) is 11.8. The van der Waals surface area contributed by atoms with Crippen LogP contribution in [0.4, 0.5) is 15.3 Å². The summed E-state index contributed by atoms with van der Waals surface area (Å²) in [6, 6.07) is 28.1. The third-order valence-electron chi connectivity index (χ3n) is 15.4. The number of carbonyl (C=O) groups excluding carboxylic acids is 4. The number of ether oxygens (including phenoxy) is 4. The second-order valence-corrected chi connectivity index (χ2v) is 20.7. The maximum absolute atomic E-state index is 13.8. The lowest BCUT2D eigenvalue weighted by Gasteiger charge is -2.38. The van der Waals surface area contributed by atoms with Crippen LogP contribution in [0, 0.1) is 11.8 Å². The molecule has 7 heterocycles. The van der Waals surface area contributed by atoms with E-state index in [1.807, 2.05) is 49.9 Å². The normalized spacial score (nSPS) is 19.2. The van der Waals surface area contributed by atoms with E-state index in [9.17, 15) is 19.2 Å². The standard InChI is InChI=1S/C57H68N10O8/c1-35(2)49(62-55(70)72-5)53(68)65-27-7-9-47(65)51-58-33-43(60-51)37-11-15-39(16-12-37)45-23-24-46(67(45)42-21-19-41(20-22-42)64-29-25-57(26-30-64)74-31-32-75-57)40-17-13-38(14-18-40)44-34-59-52(61-44)48-10-8-28-66(48)54(69)50(36(3)4)63-56(71)73-6/h11-24,33-36,47-50H,7-10,25-32H2,1-6H3,(H,58,60)(H,59,61)(H,62,70)(H,63,71). The van der Waals surface area contributed by atoms with Gasteiger partial charge in [0.15, 0.2) is 5.79 Å². The molecular formula is C57H68N10O8. The number of carbonyl (C=O) groups is 4. The molecule has 6 aromatic rings. The second kappa shape index (κ2) is 21.8. The van der Waals surface area contributed by atoms with Gasteiger partial charge < -0.3 is 58.8 Å². The van der Waals surface area contributed by atoms with Gasteiger partial charge in [0.25, 0.3) is 0 Å². The van der Waals surface area contributed by atoms with Gasteiger partial charge in [0.1, 0.15) is 23.7 Å². The Morgan fingerprint density at radius 3 is 1.41 bits per heavy atom. The third kappa shape index (κ3) is 10.5. The monoisotopic (exact) mass is 1020 g/mol. The lowest BCUT2D eigenvalue weighted by atomic mass is 10.0. The van der Waals surface area contributed by atoms with Crippen molar-refractivity contribution in [3.63, 3.8) is 0 Å². The first-order chi connectivity index (χ1) is 36.3. The molecule has 0 aliphatic carbocycles. The van der Waals surface area contributed by atoms with Gasteiger partial charge in [-0.25, -0.2) is 19.6 Å². The Kier molecular flexibility index (Phi) is 14.8. The van der Waals surface area contributed by atoms with Crippen LogP contribution < -0.4 is 15.5 Å². The molecule has 4 saturated heterocycles. The third-order valence-corrected chi connectivity index (χ3v) is 15.4. The topological polar surface area (TPSA) is 201 Å². The fourth-order valence-corrected chi connectivity index (χ4v) is 11.2. The molecule has 18 heteroatoms. The van der Waals surface area contributed by atoms with Crippen molar-refractivity contribution in [2.24, 2.45) is 11.8 Å². The van der Waals surface area contributed by atoms with Gasteiger partial charge in [0.05, 0.1) is 74.7 Å². The van der Waals surface area contributed by atoms with Crippen LogP contribution in [0.3, 0.4) is 0 Å². The highest BCUT2D eigenvalue weighted by Gasteiger charge is 2.41. The lowest BCUT2D eigenvalue weighted by Crippen LogP contribution is -2.51. The summed E-state index contributed by atoms with van der Waals surface area (Å²) in [5.41, 5.74) is 9.86. The van der Waals surface area contributed by atoms with E-state index in [4.69, 9.17) is 28.9 Å². The molecule has 394 valence electrons. The first-order valence-corrected chi connectivity index (χ1v) is 26.3. The summed E-state index contributed by atoms with van der Waals surface area (Å²) in [5.74, 6) is 0.426. The van der Waals surface area contributed by atoms with Gasteiger partial charge in [-0.05, 0) is 96.2 Å². The van der Waals surface area contributed by atoms with Crippen LogP contribution in [0.15, 0.2) is 97.3 Å². The molecule has 0 saturated carbocycles. The number of H-pyrrole nitrogens is 2. The number of likely N-dealkylation sites (tertiary alicyclic amines) is 2. The Balaban J connectivity index is 0.906. The molecule has 4 aliphatic heterocycles. The van der Waals surface area contributed by atoms with Crippen LogP contribution in [0.25, 0.3) is 50.7 Å². The number of benzene rings is 3. The number of piperidine rings is 1. The van der Waals surface area contributed by atoms with Crippen LogP contribution in [0.5, 0.6) is 0 Å². The zero-order valence-electron chi connectivity index (χ0n) is 43.6. The molecule has 4 fully saturated rings. The van der Waals surface area contributed by atoms with E-state index in [0.717, 1.165) is 108 Å². The molecule has 4 N–H and O–H groups in total. The van der Waals surface area contributed by atoms with E-state index in [1.165, 1.54) is 14.2 Å². The van der Waals surface area contributed by atoms with Crippen molar-refractivity contribution in [1.82, 2.24) is 44.9 Å². The molecule has 75 heavy (non-hydrogen) atoms. The number of imidazole rings is 2. The fourth-order valence-electron chi connectivity index (χ4n) is 11.2. The number of amides is 4. The van der Waals surface area contributed by atoms with Crippen molar-refractivity contribution in [1.29, 1.82) is 0 Å². The Hall–Kier alpha value is -7.44. The van der Waals surface area contributed by atoms with Crippen molar-refractivity contribution < 1.29 is 38.1 Å². The molecule has 10 rings (SSSR count). The molecule has 4 aliphatic rings. The predicted octanol–water partition coefficient (Wildman–Crippen LogP) is 9.02. The second-order valence-electron chi connectivity index (χ2n) is 20.7. The minimum Gasteiger partial charge on any atom is -0.453 e. The molecule has 1 spiro atoms. The van der Waals surface area contributed by atoms with Crippen molar-refractivity contribution in [3.8, 4) is 50.7 Å². The average Bonchev–Trinajstić information content (AvgIpc) is 4.32. The molecule has 4 atom stereocenters. The number of anilines is 1. The minimum atomic E-state index is -0.712. The Morgan fingerprint density at radius 1 is 0.587 bits per heavy atom. The van der Waals surface area contributed by atoms with Gasteiger partial charge >= 0.3 is 12.2 Å². The van der Waals surface area contributed by atoms with Crippen LogP contribution in [0.1, 0.15) is 90.0 Å². The van der Waals surface area contributed by atoms with Gasteiger partial charge in [0, 0.05) is 50.4 Å². The van der Waals surface area contributed by atoms with Gasteiger partial charge in [-0.15, -0.1) is 0 Å². The molecule has 0 bridgehead atoms. The Labute approximate surface area is 437 Å². The van der Waals surface area contributed by atoms with Crippen molar-refractivity contribution >= 4 is 29.7 Å². The summed E-state index contributed by atoms with van der Waals surface area (Å²) in [5, 5.41) is 5.45. The van der Waals surface area contributed by atoms with E-state index < -0.39 is 30.1 Å². The summed E-state index contributed by atoms with van der Waals surface area (Å²) in [6.07, 6.45) is 7.22. The number of rotatable bonds is 14. The number of hydrogen-bond donors (Lipinski definition) is 4. The molecule has 4 unspecified atom stereocenters. The zero-order chi connectivity index (χ0) is 52.4. The zero-order valence-corrected chi connectivity index (χ0v) is 43.6. The van der Waals surface area contributed by atoms with Crippen molar-refractivity contribution in [2.45, 2.75) is 96.2 Å². The summed E-state index contributed by atoms with van der Waals surface area (Å²) < 4.78 is 24.0. The van der Waals surface area contributed by atoms with Crippen molar-refractivity contribution in [3.05, 3.63) is 109 Å². The number of methoxy groups -OCH3 is 2. The smallest absolute Gasteiger partial charge is 0.407 e. The minimum absolute atomic E-state index is 0.127. The van der Waals surface area contributed by atoms with E-state index in [0.29, 0.717) is 38.0 Å². The lowest BCUT2D eigenvalue weighted by molar-refractivity contribution is -0.169. The van der Waals surface area contributed by atoms with E-state index >= 15 is 0 Å².